The zero-order valence-electron chi connectivity index (χ0n) is 31.1. The Bertz CT molecular complexity index is 3180. The molecular formula is C53H36N4. The summed E-state index contributed by atoms with van der Waals surface area (Å²) < 4.78 is 4.68. The maximum atomic E-state index is 5.48. The van der Waals surface area contributed by atoms with Gasteiger partial charge in [0.15, 0.2) is 0 Å². The molecule has 0 amide bonds. The van der Waals surface area contributed by atoms with Crippen molar-refractivity contribution in [3.05, 3.63) is 229 Å². The first-order valence-corrected chi connectivity index (χ1v) is 19.5. The Morgan fingerprint density at radius 2 is 0.789 bits per heavy atom. The molecule has 3 aromatic heterocycles. The van der Waals surface area contributed by atoms with E-state index in [9.17, 15) is 0 Å². The molecule has 0 N–H and O–H groups in total. The lowest BCUT2D eigenvalue weighted by atomic mass is 9.90. The van der Waals surface area contributed by atoms with Gasteiger partial charge in [0.2, 0.25) is 0 Å². The number of aromatic nitrogens is 4. The summed E-state index contributed by atoms with van der Waals surface area (Å²) >= 11 is 0. The van der Waals surface area contributed by atoms with Crippen LogP contribution >= 0.6 is 0 Å². The maximum absolute atomic E-state index is 5.48. The van der Waals surface area contributed by atoms with Gasteiger partial charge in [0, 0.05) is 38.9 Å². The molecular weight excluding hydrogens is 693 g/mol. The van der Waals surface area contributed by atoms with Crippen molar-refractivity contribution >= 4 is 43.6 Å². The fourth-order valence-corrected chi connectivity index (χ4v) is 8.64. The maximum Gasteiger partial charge on any atom is 0.143 e. The molecule has 11 aromatic rings. The monoisotopic (exact) mass is 728 g/mol. The summed E-state index contributed by atoms with van der Waals surface area (Å²) in [4.78, 5) is 10.8. The van der Waals surface area contributed by atoms with Crippen molar-refractivity contribution in [3.63, 3.8) is 0 Å². The first-order chi connectivity index (χ1) is 28.3. The Morgan fingerprint density at radius 3 is 1.37 bits per heavy atom. The van der Waals surface area contributed by atoms with Gasteiger partial charge < -0.3 is 4.57 Å². The Kier molecular flexibility index (Phi) is 7.85. The second-order valence-corrected chi connectivity index (χ2v) is 14.6. The van der Waals surface area contributed by atoms with E-state index in [1.54, 1.807) is 0 Å². The first kappa shape index (κ1) is 32.8. The molecule has 0 spiro atoms. The van der Waals surface area contributed by atoms with Crippen molar-refractivity contribution in [2.24, 2.45) is 0 Å². The largest absolute Gasteiger partial charge is 0.309 e. The highest BCUT2D eigenvalue weighted by Gasteiger charge is 2.23. The lowest BCUT2D eigenvalue weighted by molar-refractivity contribution is 0.842. The zero-order valence-corrected chi connectivity index (χ0v) is 31.1. The quantitative estimate of drug-likeness (QED) is 0.164. The molecule has 0 fully saturated rings. The number of benzene rings is 8. The van der Waals surface area contributed by atoms with E-state index in [0.717, 1.165) is 50.7 Å². The summed E-state index contributed by atoms with van der Waals surface area (Å²) in [6, 6.07) is 75.6. The van der Waals surface area contributed by atoms with E-state index in [1.165, 1.54) is 43.7 Å². The second-order valence-electron chi connectivity index (χ2n) is 14.6. The number of nitrogens with zero attached hydrogens (tertiary/aromatic N) is 4. The molecule has 0 bridgehead atoms. The molecule has 4 nitrogen and oxygen atoms in total. The molecule has 0 unspecified atom stereocenters. The van der Waals surface area contributed by atoms with Crippen LogP contribution in [0.15, 0.2) is 212 Å². The smallest absolute Gasteiger partial charge is 0.143 e. The average Bonchev–Trinajstić information content (AvgIpc) is 3.80. The number of hydrogen-bond donors (Lipinski definition) is 0. The minimum atomic E-state index is -0.155. The highest BCUT2D eigenvalue weighted by molar-refractivity contribution is 6.12. The topological polar surface area (TPSA) is 35.6 Å². The van der Waals surface area contributed by atoms with Crippen LogP contribution in [0.1, 0.15) is 22.9 Å². The van der Waals surface area contributed by atoms with Crippen LogP contribution in [0.4, 0.5) is 0 Å². The van der Waals surface area contributed by atoms with E-state index in [1.807, 2.05) is 6.07 Å². The number of rotatable bonds is 7. The highest BCUT2D eigenvalue weighted by Crippen LogP contribution is 2.39. The van der Waals surface area contributed by atoms with E-state index in [-0.39, 0.29) is 5.92 Å². The Labute approximate surface area is 330 Å². The van der Waals surface area contributed by atoms with Crippen LogP contribution in [0, 0.1) is 0 Å². The molecule has 8 aromatic carbocycles. The predicted octanol–water partition coefficient (Wildman–Crippen LogP) is 13.2. The van der Waals surface area contributed by atoms with Crippen LogP contribution in [0.25, 0.3) is 77.5 Å². The van der Waals surface area contributed by atoms with Crippen LogP contribution in [0.2, 0.25) is 0 Å². The molecule has 0 atom stereocenters. The molecule has 0 aliphatic carbocycles. The lowest BCUT2D eigenvalue weighted by Gasteiger charge is -2.19. The number of fused-ring (bicyclic) bond motifs is 6. The number of hydrogen-bond acceptors (Lipinski definition) is 2. The molecule has 0 saturated carbocycles. The van der Waals surface area contributed by atoms with E-state index in [4.69, 9.17) is 9.97 Å². The lowest BCUT2D eigenvalue weighted by Crippen LogP contribution is -2.11. The SMILES string of the molecule is c1ccc(-c2cc(-n3c4ccccc4c4cc(-c5ccc6c(c5)c5ccccc5n6-c5ccccc5)ccc43)nc(C(c3ccccc3)c3ccccc3)n2)cc1. The van der Waals surface area contributed by atoms with Crippen LogP contribution < -0.4 is 0 Å². The summed E-state index contributed by atoms with van der Waals surface area (Å²) in [7, 11) is 0. The van der Waals surface area contributed by atoms with Gasteiger partial charge >= 0.3 is 0 Å². The van der Waals surface area contributed by atoms with Gasteiger partial charge in [0.05, 0.1) is 33.7 Å². The third-order valence-corrected chi connectivity index (χ3v) is 11.2. The first-order valence-electron chi connectivity index (χ1n) is 19.5. The van der Waals surface area contributed by atoms with Gasteiger partial charge in [-0.1, -0.05) is 158 Å². The molecule has 4 heteroatoms. The van der Waals surface area contributed by atoms with Gasteiger partial charge in [-0.2, -0.15) is 0 Å². The summed E-state index contributed by atoms with van der Waals surface area (Å²) in [5, 5.41) is 4.84. The fourth-order valence-electron chi connectivity index (χ4n) is 8.64. The Hall–Kier alpha value is -7.56. The van der Waals surface area contributed by atoms with Gasteiger partial charge in [-0.15, -0.1) is 0 Å². The van der Waals surface area contributed by atoms with E-state index < -0.39 is 0 Å². The molecule has 57 heavy (non-hydrogen) atoms. The van der Waals surface area contributed by atoms with Crippen LogP contribution in [-0.2, 0) is 0 Å². The predicted molar refractivity (Wildman–Crippen MR) is 235 cm³/mol. The van der Waals surface area contributed by atoms with Crippen molar-refractivity contribution in [2.45, 2.75) is 5.92 Å². The summed E-state index contributed by atoms with van der Waals surface area (Å²) in [6.07, 6.45) is 0. The minimum absolute atomic E-state index is 0.155. The Morgan fingerprint density at radius 1 is 0.333 bits per heavy atom. The van der Waals surface area contributed by atoms with Gasteiger partial charge in [0.25, 0.3) is 0 Å². The molecule has 11 rings (SSSR count). The van der Waals surface area contributed by atoms with Crippen molar-refractivity contribution in [2.75, 3.05) is 0 Å². The summed E-state index contributed by atoms with van der Waals surface area (Å²) in [6.45, 7) is 0. The molecule has 0 aliphatic rings. The average molecular weight is 729 g/mol. The zero-order chi connectivity index (χ0) is 37.7. The Balaban J connectivity index is 1.11. The standard InChI is InChI=1S/C53H36N4/c1-5-17-36(18-6-1)46-35-51(55-53(54-46)52(37-19-7-2-8-20-37)38-21-9-3-10-22-38)57-48-28-16-14-26-43(48)45-34-40(30-32-50(45)57)39-29-31-49-44(33-39)42-25-13-15-27-47(42)56(49)41-23-11-4-12-24-41/h1-35,52H. The van der Waals surface area contributed by atoms with Crippen molar-refractivity contribution < 1.29 is 0 Å². The van der Waals surface area contributed by atoms with Crippen molar-refractivity contribution in [1.29, 1.82) is 0 Å². The third-order valence-electron chi connectivity index (χ3n) is 11.2. The van der Waals surface area contributed by atoms with Crippen LogP contribution in [0.3, 0.4) is 0 Å². The second kappa shape index (κ2) is 13.6. The van der Waals surface area contributed by atoms with E-state index in [2.05, 4.69) is 215 Å². The van der Waals surface area contributed by atoms with E-state index >= 15 is 0 Å². The normalized spacial score (nSPS) is 11.7. The van der Waals surface area contributed by atoms with Gasteiger partial charge in [-0.3, -0.25) is 4.57 Å². The van der Waals surface area contributed by atoms with Crippen LogP contribution in [-0.4, -0.2) is 19.1 Å². The summed E-state index contributed by atoms with van der Waals surface area (Å²) in [5.74, 6) is 1.44. The molecule has 0 saturated heterocycles. The number of para-hydroxylation sites is 3. The minimum Gasteiger partial charge on any atom is -0.309 e. The third kappa shape index (κ3) is 5.61. The molecule has 268 valence electrons. The highest BCUT2D eigenvalue weighted by atomic mass is 15.1. The van der Waals surface area contributed by atoms with Crippen molar-refractivity contribution in [1.82, 2.24) is 19.1 Å². The van der Waals surface area contributed by atoms with Gasteiger partial charge in [-0.05, 0) is 70.8 Å². The molecule has 0 aliphatic heterocycles. The van der Waals surface area contributed by atoms with Crippen molar-refractivity contribution in [3.8, 4) is 33.9 Å². The van der Waals surface area contributed by atoms with Gasteiger partial charge in [0.1, 0.15) is 11.6 Å². The van der Waals surface area contributed by atoms with E-state index in [0.29, 0.717) is 0 Å². The summed E-state index contributed by atoms with van der Waals surface area (Å²) in [5.41, 5.74) is 12.3. The molecule has 0 radical (unpaired) electrons. The van der Waals surface area contributed by atoms with Crippen LogP contribution in [0.5, 0.6) is 0 Å². The van der Waals surface area contributed by atoms with Gasteiger partial charge in [-0.25, -0.2) is 9.97 Å². The fraction of sp³-hybridized carbons (Fsp3) is 0.0189. The molecule has 3 heterocycles.